The van der Waals surface area contributed by atoms with Crippen molar-refractivity contribution in [3.63, 3.8) is 0 Å². The van der Waals surface area contributed by atoms with E-state index in [-0.39, 0.29) is 9.89 Å². The predicted octanol–water partition coefficient (Wildman–Crippen LogP) is 3.96. The molecule has 0 N–H and O–H groups in total. The Kier molecular flexibility index (Phi) is 9.55. The van der Waals surface area contributed by atoms with Gasteiger partial charge in [-0.25, -0.2) is 0 Å². The minimum atomic E-state index is -0.0481. The summed E-state index contributed by atoms with van der Waals surface area (Å²) in [7, 11) is 0. The monoisotopic (exact) mass is 326 g/mol. The van der Waals surface area contributed by atoms with E-state index < -0.39 is 0 Å². The fraction of sp³-hybridized carbons (Fsp3) is 0.917. The van der Waals surface area contributed by atoms with Gasteiger partial charge in [0.1, 0.15) is 3.92 Å². The van der Waals surface area contributed by atoms with E-state index in [9.17, 15) is 4.79 Å². The average molecular weight is 326 g/mol. The minimum Gasteiger partial charge on any atom is -0.465 e. The van der Waals surface area contributed by atoms with E-state index in [4.69, 9.17) is 4.74 Å². The zero-order valence-corrected chi connectivity index (χ0v) is 12.2. The Balaban J connectivity index is 3.74. The van der Waals surface area contributed by atoms with Crippen molar-refractivity contribution in [3.05, 3.63) is 0 Å². The SMILES string of the molecule is CCCCC(CC)COC(=O)C(I)CC. The first-order valence-corrected chi connectivity index (χ1v) is 7.20. The Labute approximate surface area is 107 Å². The Hall–Kier alpha value is 0.200. The first-order valence-electron chi connectivity index (χ1n) is 5.96. The van der Waals surface area contributed by atoms with E-state index in [1.807, 2.05) is 6.92 Å². The third kappa shape index (κ3) is 7.14. The number of halogens is 1. The second-order valence-electron chi connectivity index (χ2n) is 3.92. The van der Waals surface area contributed by atoms with Crippen molar-refractivity contribution in [1.82, 2.24) is 0 Å². The molecular formula is C12H23IO2. The number of hydrogen-bond acceptors (Lipinski definition) is 2. The highest BCUT2D eigenvalue weighted by Gasteiger charge is 2.15. The largest absolute Gasteiger partial charge is 0.465 e. The van der Waals surface area contributed by atoms with Gasteiger partial charge in [0.15, 0.2) is 0 Å². The van der Waals surface area contributed by atoms with Crippen molar-refractivity contribution in [1.29, 1.82) is 0 Å². The lowest BCUT2D eigenvalue weighted by Gasteiger charge is -2.15. The molecular weight excluding hydrogens is 303 g/mol. The van der Waals surface area contributed by atoms with Crippen molar-refractivity contribution in [2.75, 3.05) is 6.61 Å². The van der Waals surface area contributed by atoms with Gasteiger partial charge in [-0.15, -0.1) is 0 Å². The van der Waals surface area contributed by atoms with Crippen LogP contribution in [0.25, 0.3) is 0 Å². The van der Waals surface area contributed by atoms with Gasteiger partial charge >= 0.3 is 5.97 Å². The zero-order valence-electron chi connectivity index (χ0n) is 10.1. The van der Waals surface area contributed by atoms with Crippen molar-refractivity contribution >= 4 is 28.6 Å². The van der Waals surface area contributed by atoms with Crippen molar-refractivity contribution in [2.45, 2.75) is 56.8 Å². The molecule has 3 heteroatoms. The highest BCUT2D eigenvalue weighted by Crippen LogP contribution is 2.14. The van der Waals surface area contributed by atoms with Crippen molar-refractivity contribution in [2.24, 2.45) is 5.92 Å². The van der Waals surface area contributed by atoms with Gasteiger partial charge < -0.3 is 4.74 Å². The third-order valence-corrected chi connectivity index (χ3v) is 4.01. The fourth-order valence-corrected chi connectivity index (χ4v) is 1.53. The van der Waals surface area contributed by atoms with Gasteiger partial charge in [0.05, 0.1) is 6.61 Å². The average Bonchev–Trinajstić information content (AvgIpc) is 2.27. The molecule has 0 aromatic rings. The molecule has 2 nitrogen and oxygen atoms in total. The number of esters is 1. The first-order chi connectivity index (χ1) is 7.15. The lowest BCUT2D eigenvalue weighted by atomic mass is 10.0. The maximum Gasteiger partial charge on any atom is 0.318 e. The van der Waals surface area contributed by atoms with Crippen LogP contribution in [0.2, 0.25) is 0 Å². The Morgan fingerprint density at radius 1 is 1.27 bits per heavy atom. The van der Waals surface area contributed by atoms with E-state index in [1.54, 1.807) is 0 Å². The molecule has 0 spiro atoms. The maximum atomic E-state index is 11.4. The van der Waals surface area contributed by atoms with Crippen LogP contribution in [0.3, 0.4) is 0 Å². The van der Waals surface area contributed by atoms with E-state index >= 15 is 0 Å². The van der Waals surface area contributed by atoms with E-state index in [2.05, 4.69) is 36.4 Å². The van der Waals surface area contributed by atoms with Gasteiger partial charge in [-0.1, -0.05) is 62.6 Å². The molecule has 0 aliphatic carbocycles. The lowest BCUT2D eigenvalue weighted by molar-refractivity contribution is -0.144. The molecule has 0 aliphatic heterocycles. The first kappa shape index (κ1) is 15.2. The third-order valence-electron chi connectivity index (χ3n) is 2.62. The molecule has 0 fully saturated rings. The number of rotatable bonds is 8. The molecule has 0 aromatic heterocycles. The molecule has 90 valence electrons. The van der Waals surface area contributed by atoms with Gasteiger partial charge in [-0.2, -0.15) is 0 Å². The Morgan fingerprint density at radius 3 is 2.40 bits per heavy atom. The molecule has 2 unspecified atom stereocenters. The number of ether oxygens (including phenoxy) is 1. The smallest absolute Gasteiger partial charge is 0.318 e. The van der Waals surface area contributed by atoms with Crippen LogP contribution in [0.5, 0.6) is 0 Å². The van der Waals surface area contributed by atoms with Crippen LogP contribution in [-0.2, 0) is 9.53 Å². The molecule has 0 aromatic carbocycles. The minimum absolute atomic E-state index is 0.0197. The standard InChI is InChI=1S/C12H23IO2/c1-4-7-8-10(5-2)9-15-12(14)11(13)6-3/h10-11H,4-9H2,1-3H3. The van der Waals surface area contributed by atoms with Gasteiger partial charge in [0.2, 0.25) is 0 Å². The molecule has 0 radical (unpaired) electrons. The Morgan fingerprint density at radius 2 is 1.93 bits per heavy atom. The second kappa shape index (κ2) is 9.43. The molecule has 0 amide bonds. The lowest BCUT2D eigenvalue weighted by Crippen LogP contribution is -2.20. The number of unbranched alkanes of at least 4 members (excludes halogenated alkanes) is 1. The normalized spacial score (nSPS) is 14.7. The second-order valence-corrected chi connectivity index (χ2v) is 5.43. The number of carbonyl (C=O) groups excluding carboxylic acids is 1. The van der Waals surface area contributed by atoms with Crippen LogP contribution in [0.4, 0.5) is 0 Å². The highest BCUT2D eigenvalue weighted by atomic mass is 127. The van der Waals surface area contributed by atoms with Crippen LogP contribution in [0.15, 0.2) is 0 Å². The van der Waals surface area contributed by atoms with Gasteiger partial charge in [-0.3, -0.25) is 4.79 Å². The summed E-state index contributed by atoms with van der Waals surface area (Å²) in [6.45, 7) is 6.97. The van der Waals surface area contributed by atoms with Gasteiger partial charge in [0, 0.05) is 0 Å². The highest BCUT2D eigenvalue weighted by molar-refractivity contribution is 14.1. The topological polar surface area (TPSA) is 26.3 Å². The predicted molar refractivity (Wildman–Crippen MR) is 72.4 cm³/mol. The van der Waals surface area contributed by atoms with Gasteiger partial charge in [0.25, 0.3) is 0 Å². The fourth-order valence-electron chi connectivity index (χ4n) is 1.36. The molecule has 0 saturated carbocycles. The summed E-state index contributed by atoms with van der Waals surface area (Å²) < 4.78 is 5.32. The molecule has 0 bridgehead atoms. The van der Waals surface area contributed by atoms with E-state index in [0.29, 0.717) is 12.5 Å². The van der Waals surface area contributed by atoms with Crippen LogP contribution >= 0.6 is 22.6 Å². The van der Waals surface area contributed by atoms with Crippen LogP contribution in [-0.4, -0.2) is 16.5 Å². The molecule has 0 heterocycles. The summed E-state index contributed by atoms with van der Waals surface area (Å²) in [4.78, 5) is 11.4. The van der Waals surface area contributed by atoms with Gasteiger partial charge in [-0.05, 0) is 18.8 Å². The molecule has 2 atom stereocenters. The summed E-state index contributed by atoms with van der Waals surface area (Å²) in [5, 5.41) is 0. The van der Waals surface area contributed by atoms with Crippen molar-refractivity contribution < 1.29 is 9.53 Å². The molecule has 0 aliphatic rings. The zero-order chi connectivity index (χ0) is 11.7. The Bertz CT molecular complexity index is 171. The molecule has 0 rings (SSSR count). The quantitative estimate of drug-likeness (QED) is 0.383. The molecule has 15 heavy (non-hydrogen) atoms. The maximum absolute atomic E-state index is 11.4. The summed E-state index contributed by atoms with van der Waals surface area (Å²) >= 11 is 2.14. The molecule has 0 saturated heterocycles. The summed E-state index contributed by atoms with van der Waals surface area (Å²) in [5.74, 6) is 0.502. The van der Waals surface area contributed by atoms with E-state index in [0.717, 1.165) is 12.8 Å². The number of hydrogen-bond donors (Lipinski definition) is 0. The summed E-state index contributed by atoms with van der Waals surface area (Å²) in [5.41, 5.74) is 0. The van der Waals surface area contributed by atoms with Crippen molar-refractivity contribution in [3.8, 4) is 0 Å². The summed E-state index contributed by atoms with van der Waals surface area (Å²) in [6.07, 6.45) is 5.58. The van der Waals surface area contributed by atoms with Crippen LogP contribution < -0.4 is 0 Å². The van der Waals surface area contributed by atoms with Crippen LogP contribution in [0.1, 0.15) is 52.9 Å². The number of alkyl halides is 1. The van der Waals surface area contributed by atoms with Crippen LogP contribution in [0, 0.1) is 5.92 Å². The summed E-state index contributed by atoms with van der Waals surface area (Å²) in [6, 6.07) is 0. The van der Waals surface area contributed by atoms with E-state index in [1.165, 1.54) is 19.3 Å². The number of carbonyl (C=O) groups is 1.